The third kappa shape index (κ3) is 9.40. The quantitative estimate of drug-likeness (QED) is 0.0403. The Labute approximate surface area is 442 Å². The second kappa shape index (κ2) is 20.9. The second-order valence-electron chi connectivity index (χ2n) is 15.6. The van der Waals surface area contributed by atoms with Gasteiger partial charge in [0.25, 0.3) is 13.0 Å². The molecule has 8 heteroatoms. The van der Waals surface area contributed by atoms with Crippen LogP contribution in [0.15, 0.2) is 254 Å². The van der Waals surface area contributed by atoms with E-state index in [1.54, 1.807) is 59.3 Å². The van der Waals surface area contributed by atoms with E-state index in [0.29, 0.717) is 28.1 Å². The average molecular weight is 1090 g/mol. The Balaban J connectivity index is 0.00000769. The molecule has 0 atom stereocenters. The van der Waals surface area contributed by atoms with Crippen LogP contribution < -0.4 is 25.1 Å². The van der Waals surface area contributed by atoms with Crippen molar-refractivity contribution in [2.45, 2.75) is 6.92 Å². The summed E-state index contributed by atoms with van der Waals surface area (Å²) in [5.41, 5.74) is 4.40. The van der Waals surface area contributed by atoms with Crippen LogP contribution in [0.1, 0.15) is 23.5 Å². The van der Waals surface area contributed by atoms with E-state index in [1.165, 1.54) is 4.57 Å². The van der Waals surface area contributed by atoms with Crippen LogP contribution in [0.5, 0.6) is 11.5 Å². The molecule has 0 fully saturated rings. The summed E-state index contributed by atoms with van der Waals surface area (Å²) in [6.45, 7) is 1.56. The molecule has 70 heavy (non-hydrogen) atoms. The van der Waals surface area contributed by atoms with Crippen LogP contribution in [0.2, 0.25) is 0 Å². The molecule has 9 aromatic carbocycles. The predicted molar refractivity (Wildman–Crippen MR) is 281 cm³/mol. The number of ether oxygens (including phenoxy) is 1. The molecule has 0 saturated heterocycles. The molecule has 0 aliphatic rings. The monoisotopic (exact) mass is 1090 g/mol. The van der Waals surface area contributed by atoms with Gasteiger partial charge in [-0.3, -0.25) is 14.5 Å². The number of benzene rings is 9. The molecule has 11 aromatic rings. The van der Waals surface area contributed by atoms with E-state index in [-0.39, 0.29) is 38.3 Å². The first-order valence-electron chi connectivity index (χ1n) is 28.5. The third-order valence-electron chi connectivity index (χ3n) is 11.3. The van der Waals surface area contributed by atoms with Crippen molar-refractivity contribution < 1.29 is 48.2 Å². The summed E-state index contributed by atoms with van der Waals surface area (Å²) in [6, 6.07) is 48.6. The van der Waals surface area contributed by atoms with Crippen LogP contribution in [-0.4, -0.2) is 22.0 Å². The Hall–Kier alpha value is -8.38. The number of rotatable bonds is 12. The topological polar surface area (TPSA) is 46.5 Å². The summed E-state index contributed by atoms with van der Waals surface area (Å²) in [4.78, 5) is 12.3. The van der Waals surface area contributed by atoms with Crippen LogP contribution in [0, 0.1) is 25.4 Å². The Morgan fingerprint density at radius 1 is 0.614 bits per heavy atom. The number of imidazole rings is 1. The van der Waals surface area contributed by atoms with E-state index in [4.69, 9.17) is 29.8 Å². The van der Waals surface area contributed by atoms with Gasteiger partial charge in [-0.2, -0.15) is 18.2 Å². The fourth-order valence-corrected chi connectivity index (χ4v) is 8.28. The molecule has 0 amide bonds. The first kappa shape index (κ1) is 32.4. The van der Waals surface area contributed by atoms with Crippen LogP contribution in [0.4, 0.5) is 17.1 Å². The Bertz CT molecular complexity index is 4150. The minimum Gasteiger partial charge on any atom is -0.510 e. The number of aromatic nitrogens is 3. The Morgan fingerprint density at radius 2 is 1.20 bits per heavy atom. The minimum absolute atomic E-state index is 0. The molecule has 0 bridgehead atoms. The molecule has 0 saturated carbocycles. The summed E-state index contributed by atoms with van der Waals surface area (Å²) in [7, 11) is 0. The van der Waals surface area contributed by atoms with Crippen molar-refractivity contribution in [2.75, 3.05) is 4.90 Å². The van der Waals surface area contributed by atoms with E-state index in [9.17, 15) is 2.74 Å². The number of aryl methyl sites for hydroxylation is 1. The number of para-hydroxylation sites is 4. The summed E-state index contributed by atoms with van der Waals surface area (Å²) in [6.07, 6.45) is 5.01. The maximum Gasteiger partial charge on any atom is 0.288 e. The molecule has 0 unspecified atom stereocenters. The Morgan fingerprint density at radius 3 is 1.84 bits per heavy atom. The summed E-state index contributed by atoms with van der Waals surface area (Å²) in [5.74, 6) is 0.523. The molecule has 338 valence electrons. The number of pyridine rings is 1. The number of anilines is 2. The SMILES string of the molecule is [2H]c1c([2H])c([2H])c(-c2c([2H])c([2H])c([2H])c(-c3c([2H])c([2H])c([2H])c([2H])c3[2H])c2-[n+]2[c-]n(-c3[c-]c(Oc4[c-]c(N=C(B(c5ccccc5)c5ccccc5)N(c5ccccc5)c5cccnc5C)ccc4)ccc3)c3ccccc32)c([2H])c1[2H].[Pt]. The average Bonchev–Trinajstić information content (AvgIpc) is 4.04. The van der Waals surface area contributed by atoms with Gasteiger partial charge in [-0.05, 0) is 64.8 Å². The molecule has 2 aromatic heterocycles. The second-order valence-corrected chi connectivity index (χ2v) is 15.6. The zero-order valence-corrected chi connectivity index (χ0v) is 39.5. The van der Waals surface area contributed by atoms with Crippen molar-refractivity contribution >= 4 is 51.5 Å². The standard InChI is InChI=1S/C62H44BN5O.Pt/c1-46-58(41-22-42-64-46)68(52-32-15-6-16-33-52)62(63(49-27-11-4-12-28-49)50-29-13-5-14-30-50)65-51-31-19-35-54(43-51)69-55-36-20-34-53(44-55)66-45-67(60-40-18-17-39-59(60)66)61-56(47-23-7-2-8-24-47)37-21-38-57(61)48-25-9-3-10-26-48;/h2-42H,1H3;/q-2;/i2D,3D,7D,8D,9D,10D,21D,23D,24D,25D,26D,37D,38D;. The van der Waals surface area contributed by atoms with Crippen LogP contribution in [0.3, 0.4) is 0 Å². The number of hydrogen-bond acceptors (Lipinski definition) is 3. The van der Waals surface area contributed by atoms with Gasteiger partial charge < -0.3 is 14.2 Å². The fourth-order valence-electron chi connectivity index (χ4n) is 8.28. The molecular formula is C62H44BN5OPt-2. The van der Waals surface area contributed by atoms with E-state index < -0.39 is 108 Å². The normalized spacial score (nSPS) is 13.8. The summed E-state index contributed by atoms with van der Waals surface area (Å²) in [5, 5.41) is 0. The molecule has 11 rings (SSSR count). The van der Waals surface area contributed by atoms with Crippen LogP contribution in [-0.2, 0) is 21.1 Å². The summed E-state index contributed by atoms with van der Waals surface area (Å²) >= 11 is 0. The summed E-state index contributed by atoms with van der Waals surface area (Å²) < 4.78 is 125. The van der Waals surface area contributed by atoms with Crippen molar-refractivity contribution in [1.82, 2.24) is 9.55 Å². The molecule has 0 aliphatic carbocycles. The van der Waals surface area contributed by atoms with Crippen molar-refractivity contribution in [3.05, 3.63) is 273 Å². The van der Waals surface area contributed by atoms with E-state index in [0.717, 1.165) is 28.0 Å². The van der Waals surface area contributed by atoms with Gasteiger partial charge in [-0.25, -0.2) is 0 Å². The van der Waals surface area contributed by atoms with E-state index in [1.807, 2.05) is 97.9 Å². The first-order chi connectivity index (χ1) is 39.5. The molecular weight excluding hydrogens is 1040 g/mol. The molecule has 0 aliphatic heterocycles. The fraction of sp³-hybridized carbons (Fsp3) is 0.0161. The smallest absolute Gasteiger partial charge is 0.288 e. The van der Waals surface area contributed by atoms with Gasteiger partial charge in [-0.15, -0.1) is 30.3 Å². The first-order valence-corrected chi connectivity index (χ1v) is 22.0. The molecule has 0 radical (unpaired) electrons. The number of aliphatic imine (C=N–C) groups is 1. The van der Waals surface area contributed by atoms with Crippen molar-refractivity contribution in [1.29, 1.82) is 0 Å². The van der Waals surface area contributed by atoms with Crippen molar-refractivity contribution in [3.63, 3.8) is 0 Å². The van der Waals surface area contributed by atoms with Crippen LogP contribution >= 0.6 is 0 Å². The predicted octanol–water partition coefficient (Wildman–Crippen LogP) is 12.9. The molecule has 0 N–H and O–H groups in total. The zero-order chi connectivity index (χ0) is 57.7. The van der Waals surface area contributed by atoms with Gasteiger partial charge >= 0.3 is 0 Å². The minimum atomic E-state index is -0.790. The van der Waals surface area contributed by atoms with Gasteiger partial charge in [-0.1, -0.05) is 193 Å². The van der Waals surface area contributed by atoms with Gasteiger partial charge in [0.2, 0.25) is 0 Å². The van der Waals surface area contributed by atoms with Crippen molar-refractivity contribution in [2.24, 2.45) is 4.99 Å². The van der Waals surface area contributed by atoms with Crippen molar-refractivity contribution in [3.8, 4) is 45.1 Å². The number of nitrogens with zero attached hydrogens (tertiary/aromatic N) is 5. The maximum atomic E-state index is 9.40. The number of amidine groups is 1. The molecule has 0 spiro atoms. The van der Waals surface area contributed by atoms with Gasteiger partial charge in [0.1, 0.15) is 0 Å². The van der Waals surface area contributed by atoms with Crippen LogP contribution in [0.25, 0.3) is 44.7 Å². The molecule has 6 nitrogen and oxygen atoms in total. The Kier molecular flexibility index (Phi) is 9.66. The maximum absolute atomic E-state index is 9.40. The van der Waals surface area contributed by atoms with Gasteiger partial charge in [0.05, 0.1) is 51.7 Å². The van der Waals surface area contributed by atoms with Gasteiger partial charge in [0, 0.05) is 44.4 Å². The number of hydrogen-bond donors (Lipinski definition) is 0. The largest absolute Gasteiger partial charge is 0.510 e. The van der Waals surface area contributed by atoms with E-state index in [2.05, 4.69) is 47.6 Å². The third-order valence-corrected chi connectivity index (χ3v) is 11.3. The molecule has 2 heterocycles. The van der Waals surface area contributed by atoms with E-state index >= 15 is 0 Å². The zero-order valence-electron chi connectivity index (χ0n) is 50.2. The van der Waals surface area contributed by atoms with Gasteiger partial charge in [0.15, 0.2) is 0 Å². The number of fused-ring (bicyclic) bond motifs is 1.